The normalized spacial score (nSPS) is 45.7. The van der Waals surface area contributed by atoms with Crippen LogP contribution in [0, 0.1) is 5.92 Å². The van der Waals surface area contributed by atoms with Crippen LogP contribution in [0.15, 0.2) is 11.1 Å². The average Bonchev–Trinajstić information content (AvgIpc) is 2.79. The van der Waals surface area contributed by atoms with E-state index in [2.05, 4.69) is 20.9 Å². The number of nitrogens with zero attached hydrogens (tertiary/aromatic N) is 1. The molecule has 3 rings (SSSR count). The van der Waals surface area contributed by atoms with Crippen molar-refractivity contribution in [2.24, 2.45) is 5.92 Å². The first kappa shape index (κ1) is 11.8. The van der Waals surface area contributed by atoms with Crippen LogP contribution in [-0.4, -0.2) is 30.2 Å². The Kier molecular flexibility index (Phi) is 2.66. The molecule has 0 bridgehead atoms. The van der Waals surface area contributed by atoms with E-state index >= 15 is 0 Å². The van der Waals surface area contributed by atoms with Crippen LogP contribution in [0.4, 0.5) is 0 Å². The maximum Gasteiger partial charge on any atom is 0.118 e. The summed E-state index contributed by atoms with van der Waals surface area (Å²) < 4.78 is 1.35. The van der Waals surface area contributed by atoms with E-state index in [1.54, 1.807) is 0 Å². The zero-order valence-corrected chi connectivity index (χ0v) is 11.9. The highest BCUT2D eigenvalue weighted by molar-refractivity contribution is 5.30. The molecule has 17 heavy (non-hydrogen) atoms. The number of hydrogen-bond donors (Lipinski definition) is 0. The first-order valence-corrected chi connectivity index (χ1v) is 7.65. The Morgan fingerprint density at radius 1 is 1.29 bits per heavy atom. The summed E-state index contributed by atoms with van der Waals surface area (Å²) in [5.41, 5.74) is 4.26. The van der Waals surface area contributed by atoms with Gasteiger partial charge in [0.15, 0.2) is 0 Å². The van der Waals surface area contributed by atoms with Crippen LogP contribution < -0.4 is 0 Å². The van der Waals surface area contributed by atoms with Crippen molar-refractivity contribution in [2.45, 2.75) is 64.3 Å². The van der Waals surface area contributed by atoms with Crippen LogP contribution >= 0.6 is 0 Å². The van der Waals surface area contributed by atoms with E-state index in [-0.39, 0.29) is 0 Å². The molecule has 0 aromatic carbocycles. The van der Waals surface area contributed by atoms with Crippen LogP contribution in [0.3, 0.4) is 0 Å². The Balaban J connectivity index is 1.96. The number of fused-ring (bicyclic) bond motifs is 2. The van der Waals surface area contributed by atoms with E-state index < -0.39 is 0 Å². The monoisotopic (exact) mass is 234 g/mol. The highest BCUT2D eigenvalue weighted by Gasteiger charge is 2.54. The van der Waals surface area contributed by atoms with Crippen molar-refractivity contribution < 1.29 is 4.48 Å². The van der Waals surface area contributed by atoms with Crippen molar-refractivity contribution in [1.29, 1.82) is 0 Å². The number of likely N-dealkylation sites (N-methyl/N-ethyl adjacent to an activating group) is 1. The van der Waals surface area contributed by atoms with Gasteiger partial charge >= 0.3 is 0 Å². The van der Waals surface area contributed by atoms with Crippen molar-refractivity contribution in [2.75, 3.05) is 20.1 Å². The van der Waals surface area contributed by atoms with Gasteiger partial charge in [-0.3, -0.25) is 0 Å². The number of hydrogen-bond acceptors (Lipinski definition) is 0. The van der Waals surface area contributed by atoms with Gasteiger partial charge in [0.05, 0.1) is 20.1 Å². The molecule has 1 saturated heterocycles. The molecule has 1 fully saturated rings. The van der Waals surface area contributed by atoms with E-state index in [1.807, 2.05) is 11.1 Å². The summed E-state index contributed by atoms with van der Waals surface area (Å²) in [6.07, 6.45) is 9.97. The van der Waals surface area contributed by atoms with E-state index in [0.717, 1.165) is 5.92 Å². The minimum absolute atomic E-state index is 0.510. The molecule has 96 valence electrons. The lowest BCUT2D eigenvalue weighted by Crippen LogP contribution is -2.67. The molecular weight excluding hydrogens is 206 g/mol. The van der Waals surface area contributed by atoms with Gasteiger partial charge in [-0.25, -0.2) is 0 Å². The van der Waals surface area contributed by atoms with Gasteiger partial charge in [0.2, 0.25) is 0 Å². The van der Waals surface area contributed by atoms with Crippen LogP contribution in [-0.2, 0) is 0 Å². The highest BCUT2D eigenvalue weighted by atomic mass is 15.4. The Bertz CT molecular complexity index is 357. The van der Waals surface area contributed by atoms with Crippen LogP contribution in [0.25, 0.3) is 0 Å². The van der Waals surface area contributed by atoms with Gasteiger partial charge in [-0.2, -0.15) is 0 Å². The fourth-order valence-electron chi connectivity index (χ4n) is 4.88. The maximum absolute atomic E-state index is 2.58. The Hall–Kier alpha value is -0.300. The minimum atomic E-state index is 0.510. The summed E-state index contributed by atoms with van der Waals surface area (Å²) in [5.74, 6) is 0.983. The van der Waals surface area contributed by atoms with Crippen molar-refractivity contribution in [3.8, 4) is 0 Å². The third-order valence-electron chi connectivity index (χ3n) is 6.36. The number of rotatable bonds is 1. The molecule has 1 aliphatic carbocycles. The molecule has 0 radical (unpaired) electrons. The predicted octanol–water partition coefficient (Wildman–Crippen LogP) is 3.90. The first-order chi connectivity index (χ1) is 8.09. The Morgan fingerprint density at radius 3 is 2.88 bits per heavy atom. The average molecular weight is 234 g/mol. The molecule has 2 heterocycles. The van der Waals surface area contributed by atoms with Gasteiger partial charge in [-0.05, 0) is 44.6 Å². The van der Waals surface area contributed by atoms with Gasteiger partial charge in [0.25, 0.3) is 0 Å². The third kappa shape index (κ3) is 1.54. The Labute approximate surface area is 106 Å². The van der Waals surface area contributed by atoms with Crippen LogP contribution in [0.5, 0.6) is 0 Å². The summed E-state index contributed by atoms with van der Waals surface area (Å²) >= 11 is 0. The molecule has 0 N–H and O–H groups in total. The molecule has 0 saturated carbocycles. The first-order valence-electron chi connectivity index (χ1n) is 7.65. The maximum atomic E-state index is 2.58. The largest absolute Gasteiger partial charge is 0.317 e. The molecular formula is C16H28N+. The quantitative estimate of drug-likeness (QED) is 0.477. The second-order valence-electron chi connectivity index (χ2n) is 7.07. The minimum Gasteiger partial charge on any atom is -0.317 e. The van der Waals surface area contributed by atoms with Crippen molar-refractivity contribution in [3.63, 3.8) is 0 Å². The predicted molar refractivity (Wildman–Crippen MR) is 72.8 cm³/mol. The van der Waals surface area contributed by atoms with Crippen LogP contribution in [0.2, 0.25) is 0 Å². The van der Waals surface area contributed by atoms with E-state index in [0.29, 0.717) is 5.54 Å². The van der Waals surface area contributed by atoms with Gasteiger partial charge in [0, 0.05) is 18.8 Å². The van der Waals surface area contributed by atoms with Crippen molar-refractivity contribution in [3.05, 3.63) is 11.1 Å². The van der Waals surface area contributed by atoms with Gasteiger partial charge in [0.1, 0.15) is 5.54 Å². The molecule has 1 nitrogen and oxygen atoms in total. The fraction of sp³-hybridized carbons (Fsp3) is 0.875. The standard InChI is InChI=1S/C16H28N/c1-4-13-8-10-16(2)15-7-5-6-14(15)9-11-17(16,3)12-13/h13H,4-12H2,1-3H3/q+1/t13-,16+,17?/m1/s1. The molecule has 0 spiro atoms. The lowest BCUT2D eigenvalue weighted by molar-refractivity contribution is -0.961. The summed E-state index contributed by atoms with van der Waals surface area (Å²) in [4.78, 5) is 0. The molecule has 0 aromatic heterocycles. The molecule has 3 atom stereocenters. The highest BCUT2D eigenvalue weighted by Crippen LogP contribution is 2.51. The van der Waals surface area contributed by atoms with E-state index in [9.17, 15) is 0 Å². The molecule has 2 aliphatic heterocycles. The summed E-state index contributed by atoms with van der Waals surface area (Å²) in [7, 11) is 2.55. The second-order valence-corrected chi connectivity index (χ2v) is 7.07. The zero-order valence-electron chi connectivity index (χ0n) is 11.9. The van der Waals surface area contributed by atoms with E-state index in [1.165, 1.54) is 62.5 Å². The Morgan fingerprint density at radius 2 is 2.12 bits per heavy atom. The fourth-order valence-corrected chi connectivity index (χ4v) is 4.88. The lowest BCUT2D eigenvalue weighted by atomic mass is 9.72. The van der Waals surface area contributed by atoms with Gasteiger partial charge in [-0.15, -0.1) is 0 Å². The number of quaternary nitrogens is 1. The summed E-state index contributed by atoms with van der Waals surface area (Å²) in [5, 5.41) is 0. The van der Waals surface area contributed by atoms with Crippen molar-refractivity contribution >= 4 is 0 Å². The molecule has 0 aromatic rings. The molecule has 3 aliphatic rings. The summed E-state index contributed by atoms with van der Waals surface area (Å²) in [6.45, 7) is 7.80. The van der Waals surface area contributed by atoms with Gasteiger partial charge in [-0.1, -0.05) is 12.5 Å². The van der Waals surface area contributed by atoms with Crippen LogP contribution in [0.1, 0.15) is 58.8 Å². The SMILES string of the molecule is CC[C@@H]1CC[C@@]2(C)C3=C(CCC3)CC[N+]2(C)C1. The van der Waals surface area contributed by atoms with Crippen molar-refractivity contribution in [1.82, 2.24) is 0 Å². The third-order valence-corrected chi connectivity index (χ3v) is 6.36. The van der Waals surface area contributed by atoms with Gasteiger partial charge < -0.3 is 4.48 Å². The molecule has 1 heteroatoms. The number of piperidine rings is 1. The van der Waals surface area contributed by atoms with E-state index in [4.69, 9.17) is 0 Å². The smallest absolute Gasteiger partial charge is 0.118 e. The summed E-state index contributed by atoms with van der Waals surface area (Å²) in [6, 6.07) is 0. The topological polar surface area (TPSA) is 0 Å². The molecule has 0 amide bonds. The lowest BCUT2D eigenvalue weighted by Gasteiger charge is -2.57. The zero-order chi connectivity index (χ0) is 12.1. The second kappa shape index (κ2) is 3.85. The molecule has 1 unspecified atom stereocenters.